The minimum Gasteiger partial charge on any atom is -0.353 e. The summed E-state index contributed by atoms with van der Waals surface area (Å²) in [6.45, 7) is 6.39. The number of aryl methyl sites for hydroxylation is 3. The van der Waals surface area contributed by atoms with E-state index in [0.29, 0.717) is 32.1 Å². The maximum absolute atomic E-state index is 12.7. The summed E-state index contributed by atoms with van der Waals surface area (Å²) in [5.74, 6) is 1.21. The summed E-state index contributed by atoms with van der Waals surface area (Å²) < 4.78 is 1.18. The zero-order valence-corrected chi connectivity index (χ0v) is 17.9. The maximum atomic E-state index is 12.7. The molecule has 0 bridgehead atoms. The zero-order chi connectivity index (χ0) is 22.0. The van der Waals surface area contributed by atoms with Crippen LogP contribution in [0, 0.1) is 13.8 Å². The molecule has 31 heavy (non-hydrogen) atoms. The number of hydrogen-bond acceptors (Lipinski definition) is 7. The van der Waals surface area contributed by atoms with Crippen LogP contribution in [0.4, 0.5) is 17.5 Å². The lowest BCUT2D eigenvalue weighted by Gasteiger charge is -2.35. The number of carbonyl (C=O) groups is 1. The van der Waals surface area contributed by atoms with Gasteiger partial charge in [0.05, 0.1) is 0 Å². The van der Waals surface area contributed by atoms with Gasteiger partial charge in [0.2, 0.25) is 5.95 Å². The Labute approximate surface area is 180 Å². The van der Waals surface area contributed by atoms with Crippen LogP contribution in [0.25, 0.3) is 0 Å². The van der Waals surface area contributed by atoms with Crippen molar-refractivity contribution in [2.75, 3.05) is 36.4 Å². The molecular weight excluding hydrogens is 394 g/mol. The first kappa shape index (κ1) is 20.5. The summed E-state index contributed by atoms with van der Waals surface area (Å²) in [6.07, 6.45) is 0. The van der Waals surface area contributed by atoms with E-state index >= 15 is 0 Å². The average Bonchev–Trinajstić information content (AvgIpc) is 2.76. The molecule has 0 unspecified atom stereocenters. The van der Waals surface area contributed by atoms with Gasteiger partial charge in [-0.2, -0.15) is 10.1 Å². The average molecular weight is 419 g/mol. The predicted octanol–water partition coefficient (Wildman–Crippen LogP) is 1.89. The van der Waals surface area contributed by atoms with Crippen molar-refractivity contribution in [1.82, 2.24) is 24.6 Å². The molecule has 0 radical (unpaired) electrons. The van der Waals surface area contributed by atoms with Gasteiger partial charge in [-0.3, -0.25) is 9.59 Å². The van der Waals surface area contributed by atoms with Crippen molar-refractivity contribution in [2.24, 2.45) is 7.05 Å². The van der Waals surface area contributed by atoms with Gasteiger partial charge in [-0.25, -0.2) is 9.67 Å². The molecule has 0 saturated carbocycles. The van der Waals surface area contributed by atoms with Crippen LogP contribution in [-0.2, 0) is 7.05 Å². The zero-order valence-electron chi connectivity index (χ0n) is 17.9. The Bertz CT molecular complexity index is 1150. The van der Waals surface area contributed by atoms with Crippen molar-refractivity contribution in [3.05, 3.63) is 69.8 Å². The Morgan fingerprint density at radius 3 is 2.35 bits per heavy atom. The first-order valence-electron chi connectivity index (χ1n) is 10.2. The van der Waals surface area contributed by atoms with Gasteiger partial charge >= 0.3 is 0 Å². The van der Waals surface area contributed by atoms with Crippen LogP contribution in [0.3, 0.4) is 0 Å². The van der Waals surface area contributed by atoms with Gasteiger partial charge in [0.1, 0.15) is 11.5 Å². The van der Waals surface area contributed by atoms with Gasteiger partial charge in [-0.05, 0) is 32.0 Å². The minimum atomic E-state index is -0.240. The SMILES string of the molecule is Cc1ccc(Nc2nc(C)cc(N3CCN(C(=O)c4ccc(=O)n(C)n4)CC3)n2)cc1. The fourth-order valence-corrected chi connectivity index (χ4v) is 3.45. The Morgan fingerprint density at radius 1 is 0.968 bits per heavy atom. The lowest BCUT2D eigenvalue weighted by molar-refractivity contribution is 0.0738. The van der Waals surface area contributed by atoms with Crippen molar-refractivity contribution >= 4 is 23.4 Å². The third-order valence-corrected chi connectivity index (χ3v) is 5.22. The van der Waals surface area contributed by atoms with Gasteiger partial charge in [0, 0.05) is 56.7 Å². The Balaban J connectivity index is 1.44. The molecule has 3 heterocycles. The van der Waals surface area contributed by atoms with Crippen LogP contribution in [0.15, 0.2) is 47.3 Å². The van der Waals surface area contributed by atoms with Gasteiger partial charge in [0.25, 0.3) is 11.5 Å². The molecule has 1 aliphatic heterocycles. The maximum Gasteiger partial charge on any atom is 0.274 e. The number of benzene rings is 1. The first-order valence-corrected chi connectivity index (χ1v) is 10.2. The molecule has 0 aliphatic carbocycles. The van der Waals surface area contributed by atoms with E-state index in [1.165, 1.54) is 29.4 Å². The second-order valence-corrected chi connectivity index (χ2v) is 7.64. The second-order valence-electron chi connectivity index (χ2n) is 7.64. The third kappa shape index (κ3) is 4.71. The number of nitrogens with one attached hydrogen (secondary N) is 1. The summed E-state index contributed by atoms with van der Waals surface area (Å²) >= 11 is 0. The Kier molecular flexibility index (Phi) is 5.66. The van der Waals surface area contributed by atoms with E-state index in [2.05, 4.69) is 25.3 Å². The molecular formula is C22H25N7O2. The quantitative estimate of drug-likeness (QED) is 0.690. The molecule has 0 atom stereocenters. The highest BCUT2D eigenvalue weighted by Gasteiger charge is 2.24. The third-order valence-electron chi connectivity index (χ3n) is 5.22. The van der Waals surface area contributed by atoms with Gasteiger partial charge in [0.15, 0.2) is 0 Å². The number of carbonyl (C=O) groups excluding carboxylic acids is 1. The van der Waals surface area contributed by atoms with E-state index < -0.39 is 0 Å². The van der Waals surface area contributed by atoms with Crippen molar-refractivity contribution in [3.63, 3.8) is 0 Å². The standard InChI is InChI=1S/C22H25N7O2/c1-15-4-6-17(7-5-15)24-22-23-16(2)14-19(25-22)28-10-12-29(13-11-28)21(31)18-8-9-20(30)27(3)26-18/h4-9,14H,10-13H2,1-3H3,(H,23,24,25). The number of amides is 1. The highest BCUT2D eigenvalue weighted by molar-refractivity contribution is 5.92. The van der Waals surface area contributed by atoms with E-state index in [-0.39, 0.29) is 17.2 Å². The highest BCUT2D eigenvalue weighted by atomic mass is 16.2. The van der Waals surface area contributed by atoms with E-state index in [0.717, 1.165) is 17.2 Å². The number of piperazine rings is 1. The molecule has 4 rings (SSSR count). The summed E-state index contributed by atoms with van der Waals surface area (Å²) in [5.41, 5.74) is 3.03. The molecule has 0 spiro atoms. The predicted molar refractivity (Wildman–Crippen MR) is 119 cm³/mol. The fourth-order valence-electron chi connectivity index (χ4n) is 3.45. The monoisotopic (exact) mass is 419 g/mol. The molecule has 2 aromatic heterocycles. The van der Waals surface area contributed by atoms with Crippen molar-refractivity contribution in [1.29, 1.82) is 0 Å². The van der Waals surface area contributed by atoms with Crippen LogP contribution in [0.5, 0.6) is 0 Å². The van der Waals surface area contributed by atoms with Crippen LogP contribution in [0.1, 0.15) is 21.7 Å². The van der Waals surface area contributed by atoms with E-state index in [4.69, 9.17) is 0 Å². The minimum absolute atomic E-state index is 0.171. The molecule has 1 aliphatic rings. The lowest BCUT2D eigenvalue weighted by Crippen LogP contribution is -2.49. The summed E-state index contributed by atoms with van der Waals surface area (Å²) in [5, 5.41) is 7.32. The Hall–Kier alpha value is -3.75. The van der Waals surface area contributed by atoms with Crippen LogP contribution >= 0.6 is 0 Å². The summed E-state index contributed by atoms with van der Waals surface area (Å²) in [4.78, 5) is 37.3. The molecule has 9 heteroatoms. The molecule has 3 aromatic rings. The molecule has 1 saturated heterocycles. The first-order chi connectivity index (χ1) is 14.9. The molecule has 1 N–H and O–H groups in total. The van der Waals surface area contributed by atoms with Crippen molar-refractivity contribution in [3.8, 4) is 0 Å². The number of hydrogen-bond donors (Lipinski definition) is 1. The number of anilines is 3. The number of nitrogens with zero attached hydrogens (tertiary/aromatic N) is 6. The van der Waals surface area contributed by atoms with Gasteiger partial charge in [-0.1, -0.05) is 17.7 Å². The molecule has 1 amide bonds. The lowest BCUT2D eigenvalue weighted by atomic mass is 10.2. The topological polar surface area (TPSA) is 96.2 Å². The van der Waals surface area contributed by atoms with E-state index in [1.54, 1.807) is 4.90 Å². The normalized spacial score (nSPS) is 13.9. The van der Waals surface area contributed by atoms with Crippen LogP contribution in [-0.4, -0.2) is 56.7 Å². The van der Waals surface area contributed by atoms with Crippen LogP contribution < -0.4 is 15.8 Å². The fraction of sp³-hybridized carbons (Fsp3) is 0.318. The van der Waals surface area contributed by atoms with Crippen LogP contribution in [0.2, 0.25) is 0 Å². The smallest absolute Gasteiger partial charge is 0.274 e. The Morgan fingerprint density at radius 2 is 1.68 bits per heavy atom. The molecule has 160 valence electrons. The summed E-state index contributed by atoms with van der Waals surface area (Å²) in [7, 11) is 1.54. The highest BCUT2D eigenvalue weighted by Crippen LogP contribution is 2.20. The van der Waals surface area contributed by atoms with Crippen molar-refractivity contribution < 1.29 is 4.79 Å². The second kappa shape index (κ2) is 8.55. The number of aromatic nitrogens is 4. The largest absolute Gasteiger partial charge is 0.353 e. The van der Waals surface area contributed by atoms with E-state index in [9.17, 15) is 9.59 Å². The van der Waals surface area contributed by atoms with Gasteiger partial charge in [-0.15, -0.1) is 0 Å². The van der Waals surface area contributed by atoms with Gasteiger partial charge < -0.3 is 15.1 Å². The number of rotatable bonds is 4. The molecule has 9 nitrogen and oxygen atoms in total. The van der Waals surface area contributed by atoms with Crippen molar-refractivity contribution in [2.45, 2.75) is 13.8 Å². The summed E-state index contributed by atoms with van der Waals surface area (Å²) in [6, 6.07) is 12.9. The van der Waals surface area contributed by atoms with E-state index in [1.807, 2.05) is 44.2 Å². The molecule has 1 fully saturated rings. The molecule has 1 aromatic carbocycles.